The standard InChI is InChI=1S/C25H30Cl2N2O/c1-18-6-12-23(22(27)16-18)29-15-14-28(25(30)13-7-19-4-2-3-5-19)17-24(29)20-8-10-21(26)11-9-20/h6,8-12,16,19,24H,2-5,7,13-15,17H2,1H3/t24-/m0/s1. The van der Waals surface area contributed by atoms with Gasteiger partial charge in [-0.1, -0.05) is 67.1 Å². The molecule has 1 atom stereocenters. The van der Waals surface area contributed by atoms with Crippen LogP contribution in [0.4, 0.5) is 5.69 Å². The highest BCUT2D eigenvalue weighted by Gasteiger charge is 2.32. The van der Waals surface area contributed by atoms with Crippen molar-refractivity contribution in [2.75, 3.05) is 24.5 Å². The smallest absolute Gasteiger partial charge is 0.222 e. The number of rotatable bonds is 5. The van der Waals surface area contributed by atoms with Crippen LogP contribution in [0.25, 0.3) is 0 Å². The van der Waals surface area contributed by atoms with E-state index in [2.05, 4.69) is 29.2 Å². The zero-order valence-corrected chi connectivity index (χ0v) is 19.1. The Morgan fingerprint density at radius 1 is 1.03 bits per heavy atom. The molecule has 30 heavy (non-hydrogen) atoms. The van der Waals surface area contributed by atoms with Crippen molar-refractivity contribution in [1.82, 2.24) is 4.90 Å². The summed E-state index contributed by atoms with van der Waals surface area (Å²) in [6.45, 7) is 4.23. The number of anilines is 1. The Hall–Kier alpha value is -1.71. The van der Waals surface area contributed by atoms with Crippen LogP contribution >= 0.6 is 23.2 Å². The molecule has 0 radical (unpaired) electrons. The molecule has 1 amide bonds. The second kappa shape index (κ2) is 9.62. The van der Waals surface area contributed by atoms with Crippen LogP contribution in [0, 0.1) is 12.8 Å². The first-order chi connectivity index (χ1) is 14.5. The molecule has 1 aliphatic heterocycles. The minimum Gasteiger partial charge on any atom is -0.360 e. The van der Waals surface area contributed by atoms with Crippen LogP contribution in [0.15, 0.2) is 42.5 Å². The Kier molecular flexibility index (Phi) is 6.90. The molecule has 5 heteroatoms. The molecule has 1 aliphatic carbocycles. The molecule has 2 aromatic carbocycles. The molecule has 2 fully saturated rings. The van der Waals surface area contributed by atoms with E-state index in [-0.39, 0.29) is 11.9 Å². The lowest BCUT2D eigenvalue weighted by Crippen LogP contribution is -2.50. The van der Waals surface area contributed by atoms with E-state index in [1.807, 2.05) is 30.0 Å². The lowest BCUT2D eigenvalue weighted by atomic mass is 9.99. The molecule has 0 bridgehead atoms. The van der Waals surface area contributed by atoms with Crippen molar-refractivity contribution in [3.8, 4) is 0 Å². The predicted molar refractivity (Wildman–Crippen MR) is 126 cm³/mol. The quantitative estimate of drug-likeness (QED) is 0.514. The zero-order chi connectivity index (χ0) is 21.1. The van der Waals surface area contributed by atoms with Crippen molar-refractivity contribution in [3.05, 3.63) is 63.6 Å². The SMILES string of the molecule is Cc1ccc(N2CCN(C(=O)CCC3CCCC3)C[C@H]2c2ccc(Cl)cc2)c(Cl)c1. The highest BCUT2D eigenvalue weighted by molar-refractivity contribution is 6.33. The van der Waals surface area contributed by atoms with Gasteiger partial charge in [0, 0.05) is 31.1 Å². The van der Waals surface area contributed by atoms with E-state index in [4.69, 9.17) is 23.2 Å². The van der Waals surface area contributed by atoms with Crippen molar-refractivity contribution in [3.63, 3.8) is 0 Å². The predicted octanol–water partition coefficient (Wildman–Crippen LogP) is 6.66. The van der Waals surface area contributed by atoms with Gasteiger partial charge in [0.25, 0.3) is 0 Å². The Bertz CT molecular complexity index is 877. The summed E-state index contributed by atoms with van der Waals surface area (Å²) in [5, 5.41) is 1.48. The second-order valence-electron chi connectivity index (χ2n) is 8.74. The van der Waals surface area contributed by atoms with Gasteiger partial charge in [0.2, 0.25) is 5.91 Å². The van der Waals surface area contributed by atoms with Crippen molar-refractivity contribution >= 4 is 34.8 Å². The number of nitrogens with zero attached hydrogens (tertiary/aromatic N) is 2. The number of carbonyl (C=O) groups is 1. The van der Waals surface area contributed by atoms with E-state index in [1.54, 1.807) is 0 Å². The van der Waals surface area contributed by atoms with Crippen LogP contribution in [-0.2, 0) is 4.79 Å². The van der Waals surface area contributed by atoms with Gasteiger partial charge in [-0.2, -0.15) is 0 Å². The van der Waals surface area contributed by atoms with E-state index in [1.165, 1.54) is 25.7 Å². The van der Waals surface area contributed by atoms with Crippen molar-refractivity contribution < 1.29 is 4.79 Å². The van der Waals surface area contributed by atoms with Gasteiger partial charge < -0.3 is 9.80 Å². The number of hydrogen-bond acceptors (Lipinski definition) is 2. The first kappa shape index (κ1) is 21.5. The van der Waals surface area contributed by atoms with Gasteiger partial charge in [0.1, 0.15) is 0 Å². The van der Waals surface area contributed by atoms with Crippen LogP contribution in [0.3, 0.4) is 0 Å². The molecule has 2 aliphatic rings. The van der Waals surface area contributed by atoms with Gasteiger partial charge in [0.05, 0.1) is 16.8 Å². The summed E-state index contributed by atoms with van der Waals surface area (Å²) in [6.07, 6.45) is 6.94. The molecule has 3 nitrogen and oxygen atoms in total. The molecule has 1 saturated carbocycles. The molecule has 0 spiro atoms. The molecule has 0 N–H and O–H groups in total. The van der Waals surface area contributed by atoms with Gasteiger partial charge in [-0.25, -0.2) is 0 Å². The Morgan fingerprint density at radius 3 is 2.47 bits per heavy atom. The third-order valence-electron chi connectivity index (χ3n) is 6.64. The molecule has 1 saturated heterocycles. The van der Waals surface area contributed by atoms with E-state index in [0.29, 0.717) is 13.0 Å². The number of halogens is 2. The van der Waals surface area contributed by atoms with E-state index < -0.39 is 0 Å². The average molecular weight is 445 g/mol. The molecule has 1 heterocycles. The van der Waals surface area contributed by atoms with Crippen LogP contribution in [0.1, 0.15) is 55.7 Å². The Balaban J connectivity index is 1.53. The van der Waals surface area contributed by atoms with Gasteiger partial charge in [-0.3, -0.25) is 4.79 Å². The first-order valence-electron chi connectivity index (χ1n) is 11.1. The topological polar surface area (TPSA) is 23.6 Å². The number of hydrogen-bond donors (Lipinski definition) is 0. The normalized spacial score (nSPS) is 20.0. The van der Waals surface area contributed by atoms with Crippen molar-refractivity contribution in [2.24, 2.45) is 5.92 Å². The average Bonchev–Trinajstić information content (AvgIpc) is 3.26. The Labute approximate surface area is 190 Å². The fourth-order valence-electron chi connectivity index (χ4n) is 4.90. The Morgan fingerprint density at radius 2 is 1.77 bits per heavy atom. The maximum absolute atomic E-state index is 13.0. The van der Waals surface area contributed by atoms with Gasteiger partial charge in [-0.05, 0) is 54.7 Å². The number of piperazine rings is 1. The molecule has 2 aromatic rings. The van der Waals surface area contributed by atoms with Gasteiger partial charge in [0.15, 0.2) is 0 Å². The summed E-state index contributed by atoms with van der Waals surface area (Å²) in [5.74, 6) is 1.03. The van der Waals surface area contributed by atoms with Gasteiger partial charge in [-0.15, -0.1) is 0 Å². The molecular weight excluding hydrogens is 415 g/mol. The number of carbonyl (C=O) groups excluding carboxylic acids is 1. The molecule has 4 rings (SSSR count). The third-order valence-corrected chi connectivity index (χ3v) is 7.20. The monoisotopic (exact) mass is 444 g/mol. The summed E-state index contributed by atoms with van der Waals surface area (Å²) in [6, 6.07) is 14.2. The third kappa shape index (κ3) is 4.95. The fraction of sp³-hybridized carbons (Fsp3) is 0.480. The molecular formula is C25H30Cl2N2O. The summed E-state index contributed by atoms with van der Waals surface area (Å²) >= 11 is 12.7. The summed E-state index contributed by atoms with van der Waals surface area (Å²) in [4.78, 5) is 17.4. The lowest BCUT2D eigenvalue weighted by molar-refractivity contribution is -0.132. The zero-order valence-electron chi connectivity index (χ0n) is 17.6. The highest BCUT2D eigenvalue weighted by atomic mass is 35.5. The van der Waals surface area contributed by atoms with Crippen LogP contribution in [0.2, 0.25) is 10.0 Å². The maximum Gasteiger partial charge on any atom is 0.222 e. The highest BCUT2D eigenvalue weighted by Crippen LogP contribution is 2.36. The minimum absolute atomic E-state index is 0.0617. The van der Waals surface area contributed by atoms with E-state index in [0.717, 1.165) is 52.3 Å². The summed E-state index contributed by atoms with van der Waals surface area (Å²) in [7, 11) is 0. The summed E-state index contributed by atoms with van der Waals surface area (Å²) < 4.78 is 0. The first-order valence-corrected chi connectivity index (χ1v) is 11.8. The second-order valence-corrected chi connectivity index (χ2v) is 9.59. The molecule has 0 aromatic heterocycles. The maximum atomic E-state index is 13.0. The van der Waals surface area contributed by atoms with Crippen LogP contribution < -0.4 is 4.90 Å². The van der Waals surface area contributed by atoms with E-state index >= 15 is 0 Å². The fourth-order valence-corrected chi connectivity index (χ4v) is 5.37. The van der Waals surface area contributed by atoms with Crippen molar-refractivity contribution in [2.45, 2.75) is 51.5 Å². The summed E-state index contributed by atoms with van der Waals surface area (Å²) in [5.41, 5.74) is 3.33. The molecule has 160 valence electrons. The number of amides is 1. The van der Waals surface area contributed by atoms with Crippen LogP contribution in [-0.4, -0.2) is 30.4 Å². The van der Waals surface area contributed by atoms with Gasteiger partial charge >= 0.3 is 0 Å². The van der Waals surface area contributed by atoms with E-state index in [9.17, 15) is 4.79 Å². The number of benzene rings is 2. The number of aryl methyl sites for hydroxylation is 1. The largest absolute Gasteiger partial charge is 0.360 e. The lowest BCUT2D eigenvalue weighted by Gasteiger charge is -2.43. The molecule has 0 unspecified atom stereocenters. The van der Waals surface area contributed by atoms with Crippen molar-refractivity contribution in [1.29, 1.82) is 0 Å². The minimum atomic E-state index is 0.0617. The van der Waals surface area contributed by atoms with Crippen LogP contribution in [0.5, 0.6) is 0 Å².